The molecule has 5 nitrogen and oxygen atoms in total. The van der Waals surface area contributed by atoms with Gasteiger partial charge in [0.25, 0.3) is 5.56 Å². The van der Waals surface area contributed by atoms with Gasteiger partial charge < -0.3 is 5.32 Å². The minimum absolute atomic E-state index is 0.0816. The van der Waals surface area contributed by atoms with Gasteiger partial charge in [0.05, 0.1) is 21.8 Å². The van der Waals surface area contributed by atoms with Crippen molar-refractivity contribution >= 4 is 40.2 Å². The maximum absolute atomic E-state index is 13.2. The number of nitrogens with one attached hydrogen (secondary N) is 1. The molecule has 1 atom stereocenters. The minimum Gasteiger partial charge on any atom is -0.355 e. The number of amides is 1. The molecule has 1 amide bonds. The number of carbonyl (C=O) groups is 1. The van der Waals surface area contributed by atoms with Crippen LogP contribution in [0.2, 0.25) is 5.02 Å². The molecule has 0 saturated heterocycles. The number of halogens is 1. The van der Waals surface area contributed by atoms with Crippen LogP contribution in [0.1, 0.15) is 20.3 Å². The molecule has 0 spiro atoms. The molecule has 1 heterocycles. The van der Waals surface area contributed by atoms with Gasteiger partial charge >= 0.3 is 0 Å². The molecule has 140 valence electrons. The summed E-state index contributed by atoms with van der Waals surface area (Å²) in [4.78, 5) is 30.1. The number of carbonyl (C=O) groups excluding carboxylic acids is 1. The van der Waals surface area contributed by atoms with Gasteiger partial charge in [0.15, 0.2) is 5.16 Å². The summed E-state index contributed by atoms with van der Waals surface area (Å²) in [5.74, 6) is -0.0816. The molecule has 1 aromatic heterocycles. The summed E-state index contributed by atoms with van der Waals surface area (Å²) in [5, 5.41) is 3.99. The Morgan fingerprint density at radius 3 is 2.78 bits per heavy atom. The van der Waals surface area contributed by atoms with Crippen LogP contribution in [0.5, 0.6) is 0 Å². The standard InChI is InChI=1S/C20H20ClN3O2S/c1-3-11-22-18(25)13(2)27-20-23-17-10-5-4-9-16(17)19(26)24(20)15-8-6-7-14(21)12-15/h4-10,12-13H,3,11H2,1-2H3,(H,22,25)/t13-/m1/s1. The Balaban J connectivity index is 2.11. The van der Waals surface area contributed by atoms with Gasteiger partial charge in [0.2, 0.25) is 5.91 Å². The number of thioether (sulfide) groups is 1. The van der Waals surface area contributed by atoms with Gasteiger partial charge in [-0.1, -0.05) is 48.5 Å². The van der Waals surface area contributed by atoms with E-state index in [4.69, 9.17) is 11.6 Å². The molecule has 0 radical (unpaired) electrons. The fourth-order valence-electron chi connectivity index (χ4n) is 2.64. The van der Waals surface area contributed by atoms with E-state index in [0.717, 1.165) is 6.42 Å². The second kappa shape index (κ2) is 8.59. The highest BCUT2D eigenvalue weighted by Crippen LogP contribution is 2.26. The van der Waals surface area contributed by atoms with Crippen molar-refractivity contribution in [3.8, 4) is 5.69 Å². The fourth-order valence-corrected chi connectivity index (χ4v) is 3.77. The molecule has 0 aliphatic heterocycles. The van der Waals surface area contributed by atoms with E-state index in [9.17, 15) is 9.59 Å². The molecule has 2 aromatic carbocycles. The van der Waals surface area contributed by atoms with Crippen LogP contribution in [-0.2, 0) is 4.79 Å². The van der Waals surface area contributed by atoms with Gasteiger partial charge in [-0.15, -0.1) is 0 Å². The average molecular weight is 402 g/mol. The van der Waals surface area contributed by atoms with Crippen LogP contribution in [-0.4, -0.2) is 27.3 Å². The number of hydrogen-bond acceptors (Lipinski definition) is 4. The second-order valence-corrected chi connectivity index (χ2v) is 7.83. The van der Waals surface area contributed by atoms with Gasteiger partial charge in [-0.05, 0) is 43.7 Å². The highest BCUT2D eigenvalue weighted by atomic mass is 35.5. The van der Waals surface area contributed by atoms with Crippen molar-refractivity contribution < 1.29 is 4.79 Å². The zero-order chi connectivity index (χ0) is 19.4. The van der Waals surface area contributed by atoms with Crippen LogP contribution < -0.4 is 10.9 Å². The summed E-state index contributed by atoms with van der Waals surface area (Å²) >= 11 is 7.38. The number of rotatable bonds is 6. The molecular formula is C20H20ClN3O2S. The first-order valence-electron chi connectivity index (χ1n) is 8.73. The van der Waals surface area contributed by atoms with Gasteiger partial charge in [-0.3, -0.25) is 14.2 Å². The lowest BCUT2D eigenvalue weighted by atomic mass is 10.2. The van der Waals surface area contributed by atoms with Crippen LogP contribution in [0.4, 0.5) is 0 Å². The van der Waals surface area contributed by atoms with Crippen molar-refractivity contribution in [2.75, 3.05) is 6.54 Å². The van der Waals surface area contributed by atoms with Crippen LogP contribution in [0.15, 0.2) is 58.5 Å². The number of para-hydroxylation sites is 1. The topological polar surface area (TPSA) is 64.0 Å². The summed E-state index contributed by atoms with van der Waals surface area (Å²) in [6.45, 7) is 4.43. The number of nitrogens with zero attached hydrogens (tertiary/aromatic N) is 2. The van der Waals surface area contributed by atoms with Gasteiger partial charge in [0, 0.05) is 11.6 Å². The Morgan fingerprint density at radius 2 is 2.04 bits per heavy atom. The smallest absolute Gasteiger partial charge is 0.266 e. The fraction of sp³-hybridized carbons (Fsp3) is 0.250. The zero-order valence-corrected chi connectivity index (χ0v) is 16.7. The summed E-state index contributed by atoms with van der Waals surface area (Å²) < 4.78 is 1.52. The van der Waals surface area contributed by atoms with E-state index in [1.54, 1.807) is 49.4 Å². The lowest BCUT2D eigenvalue weighted by Crippen LogP contribution is -2.32. The van der Waals surface area contributed by atoms with E-state index in [1.807, 2.05) is 13.0 Å². The van der Waals surface area contributed by atoms with Crippen LogP contribution >= 0.6 is 23.4 Å². The predicted molar refractivity (Wildman–Crippen MR) is 111 cm³/mol. The Hall–Kier alpha value is -2.31. The molecule has 0 fully saturated rings. The van der Waals surface area contributed by atoms with Crippen LogP contribution in [0.25, 0.3) is 16.6 Å². The van der Waals surface area contributed by atoms with Gasteiger partial charge in [-0.2, -0.15) is 0 Å². The zero-order valence-electron chi connectivity index (χ0n) is 15.1. The number of benzene rings is 2. The van der Waals surface area contributed by atoms with Gasteiger partial charge in [-0.25, -0.2) is 4.98 Å². The van der Waals surface area contributed by atoms with Crippen molar-refractivity contribution in [3.63, 3.8) is 0 Å². The van der Waals surface area contributed by atoms with Crippen LogP contribution in [0, 0.1) is 0 Å². The molecule has 1 N–H and O–H groups in total. The summed E-state index contributed by atoms with van der Waals surface area (Å²) in [5.41, 5.74) is 1.03. The van der Waals surface area contributed by atoms with Gasteiger partial charge in [0.1, 0.15) is 0 Å². The molecule has 0 unspecified atom stereocenters. The van der Waals surface area contributed by atoms with Crippen molar-refractivity contribution in [2.45, 2.75) is 30.7 Å². The van der Waals surface area contributed by atoms with Crippen molar-refractivity contribution in [2.24, 2.45) is 0 Å². The second-order valence-electron chi connectivity index (χ2n) is 6.08. The third-order valence-corrected chi connectivity index (χ3v) is 5.30. The molecular weight excluding hydrogens is 382 g/mol. The summed E-state index contributed by atoms with van der Waals surface area (Å²) in [6, 6.07) is 14.2. The average Bonchev–Trinajstić information content (AvgIpc) is 2.66. The molecule has 0 aliphatic rings. The minimum atomic E-state index is -0.393. The van der Waals surface area contributed by atoms with E-state index < -0.39 is 5.25 Å². The highest BCUT2D eigenvalue weighted by molar-refractivity contribution is 8.00. The maximum Gasteiger partial charge on any atom is 0.266 e. The molecule has 7 heteroatoms. The third-order valence-electron chi connectivity index (χ3n) is 4.01. The lowest BCUT2D eigenvalue weighted by Gasteiger charge is -2.16. The Labute approximate surface area is 166 Å². The molecule has 0 bridgehead atoms. The van der Waals surface area contributed by atoms with Crippen molar-refractivity contribution in [1.82, 2.24) is 14.9 Å². The van der Waals surface area contributed by atoms with Crippen LogP contribution in [0.3, 0.4) is 0 Å². The maximum atomic E-state index is 13.2. The summed E-state index contributed by atoms with van der Waals surface area (Å²) in [6.07, 6.45) is 0.866. The van der Waals surface area contributed by atoms with E-state index in [-0.39, 0.29) is 11.5 Å². The number of fused-ring (bicyclic) bond motifs is 1. The highest BCUT2D eigenvalue weighted by Gasteiger charge is 2.20. The Kier molecular flexibility index (Phi) is 6.19. The monoisotopic (exact) mass is 401 g/mol. The molecule has 3 rings (SSSR count). The first kappa shape index (κ1) is 19.5. The first-order chi connectivity index (χ1) is 13.0. The van der Waals surface area contributed by atoms with E-state index in [2.05, 4.69) is 10.3 Å². The Morgan fingerprint density at radius 1 is 1.26 bits per heavy atom. The third kappa shape index (κ3) is 4.34. The largest absolute Gasteiger partial charge is 0.355 e. The van der Waals surface area contributed by atoms with E-state index in [0.29, 0.717) is 33.3 Å². The van der Waals surface area contributed by atoms with E-state index in [1.165, 1.54) is 16.3 Å². The normalized spacial score (nSPS) is 12.1. The first-order valence-corrected chi connectivity index (χ1v) is 9.99. The molecule has 0 aliphatic carbocycles. The SMILES string of the molecule is CCCNC(=O)[C@@H](C)Sc1nc2ccccc2c(=O)n1-c1cccc(Cl)c1. The number of aromatic nitrogens is 2. The quantitative estimate of drug-likeness (QED) is 0.500. The molecule has 0 saturated carbocycles. The predicted octanol–water partition coefficient (Wildman–Crippen LogP) is 4.05. The van der Waals surface area contributed by atoms with Crippen molar-refractivity contribution in [1.29, 1.82) is 0 Å². The molecule has 27 heavy (non-hydrogen) atoms. The number of hydrogen-bond donors (Lipinski definition) is 1. The Bertz CT molecular complexity index is 1040. The van der Waals surface area contributed by atoms with Crippen molar-refractivity contribution in [3.05, 3.63) is 63.9 Å². The van der Waals surface area contributed by atoms with E-state index >= 15 is 0 Å². The molecule has 3 aromatic rings. The summed E-state index contributed by atoms with van der Waals surface area (Å²) in [7, 11) is 0. The lowest BCUT2D eigenvalue weighted by molar-refractivity contribution is -0.120.